The average Bonchev–Trinajstić information content (AvgIpc) is 2.99. The predicted molar refractivity (Wildman–Crippen MR) is 155 cm³/mol. The topological polar surface area (TPSA) is 37.4 Å². The van der Waals surface area contributed by atoms with Crippen LogP contribution in [-0.2, 0) is 27.8 Å². The molecule has 1 aliphatic rings. The third-order valence-corrected chi connectivity index (χ3v) is 7.97. The van der Waals surface area contributed by atoms with Gasteiger partial charge in [0.1, 0.15) is 0 Å². The smallest absolute Gasteiger partial charge is 0.222 e. The highest BCUT2D eigenvalue weighted by molar-refractivity contribution is 5.99. The summed E-state index contributed by atoms with van der Waals surface area (Å²) in [5.74, 6) is 0.326. The molecule has 5 rings (SSSR count). The van der Waals surface area contributed by atoms with E-state index in [9.17, 15) is 9.59 Å². The van der Waals surface area contributed by atoms with Crippen LogP contribution in [-0.4, -0.2) is 29.7 Å². The Morgan fingerprint density at radius 3 is 2.16 bits per heavy atom. The fraction of sp³-hybridized carbons (Fsp3) is 0.257. The minimum Gasteiger partial charge on any atom is -0.343 e. The Morgan fingerprint density at radius 2 is 1.39 bits per heavy atom. The van der Waals surface area contributed by atoms with Gasteiger partial charge in [0.15, 0.2) is 5.78 Å². The predicted octanol–water partition coefficient (Wildman–Crippen LogP) is 7.09. The number of amides is 1. The molecule has 0 aromatic heterocycles. The lowest BCUT2D eigenvalue weighted by Gasteiger charge is -2.40. The molecule has 0 bridgehead atoms. The fourth-order valence-corrected chi connectivity index (χ4v) is 5.73. The molecule has 1 fully saturated rings. The van der Waals surface area contributed by atoms with Gasteiger partial charge in [-0.2, -0.15) is 0 Å². The zero-order valence-electron chi connectivity index (χ0n) is 21.9. The summed E-state index contributed by atoms with van der Waals surface area (Å²) in [6.45, 7) is 1.22. The summed E-state index contributed by atoms with van der Waals surface area (Å²) in [5, 5.41) is 2.53. The van der Waals surface area contributed by atoms with E-state index in [-0.39, 0.29) is 11.7 Å². The minimum atomic E-state index is -0.576. The van der Waals surface area contributed by atoms with Crippen LogP contribution in [0.3, 0.4) is 0 Å². The lowest BCUT2D eigenvalue weighted by Crippen LogP contribution is -2.48. The molecule has 0 spiro atoms. The van der Waals surface area contributed by atoms with Crippen molar-refractivity contribution >= 4 is 22.5 Å². The maximum Gasteiger partial charge on any atom is 0.222 e. The molecule has 1 aliphatic heterocycles. The number of piperidine rings is 1. The van der Waals surface area contributed by atoms with E-state index in [2.05, 4.69) is 66.7 Å². The van der Waals surface area contributed by atoms with E-state index in [4.69, 9.17) is 0 Å². The summed E-state index contributed by atoms with van der Waals surface area (Å²) >= 11 is 0. The van der Waals surface area contributed by atoms with Crippen molar-refractivity contribution in [2.75, 3.05) is 13.1 Å². The van der Waals surface area contributed by atoms with Crippen molar-refractivity contribution < 1.29 is 9.59 Å². The third kappa shape index (κ3) is 5.78. The SMILES string of the molecule is O=C(CCc1ccccc1)N1CCC(C(=O)/C=C/CCc2cccc3ccccc23)(c2ccccc2)CC1. The van der Waals surface area contributed by atoms with Crippen LogP contribution in [0, 0.1) is 0 Å². The van der Waals surface area contributed by atoms with Crippen LogP contribution in [0.15, 0.2) is 115 Å². The molecule has 0 atom stereocenters. The first-order valence-corrected chi connectivity index (χ1v) is 13.7. The number of benzene rings is 4. The summed E-state index contributed by atoms with van der Waals surface area (Å²) in [4.78, 5) is 28.6. The van der Waals surface area contributed by atoms with Gasteiger partial charge in [0.05, 0.1) is 5.41 Å². The van der Waals surface area contributed by atoms with E-state index < -0.39 is 5.41 Å². The van der Waals surface area contributed by atoms with E-state index in [1.54, 1.807) is 6.08 Å². The van der Waals surface area contributed by atoms with E-state index in [0.717, 1.165) is 24.8 Å². The van der Waals surface area contributed by atoms with Crippen molar-refractivity contribution in [2.24, 2.45) is 0 Å². The first kappa shape index (κ1) is 25.7. The second-order valence-electron chi connectivity index (χ2n) is 10.3. The summed E-state index contributed by atoms with van der Waals surface area (Å²) < 4.78 is 0. The molecule has 0 saturated carbocycles. The molecule has 3 heteroatoms. The number of hydrogen-bond acceptors (Lipinski definition) is 2. The molecule has 1 amide bonds. The molecule has 0 aliphatic carbocycles. The molecule has 0 radical (unpaired) electrons. The molecule has 4 aromatic rings. The zero-order chi connectivity index (χ0) is 26.2. The second kappa shape index (κ2) is 12.0. The van der Waals surface area contributed by atoms with E-state index in [0.29, 0.717) is 32.4 Å². The minimum absolute atomic E-state index is 0.151. The molecule has 0 N–H and O–H groups in total. The Kier molecular flexibility index (Phi) is 8.13. The molecular weight excluding hydrogens is 466 g/mol. The monoisotopic (exact) mass is 501 g/mol. The maximum absolute atomic E-state index is 13.7. The normalized spacial score (nSPS) is 15.1. The van der Waals surface area contributed by atoms with Gasteiger partial charge >= 0.3 is 0 Å². The number of carbonyl (C=O) groups excluding carboxylic acids is 2. The van der Waals surface area contributed by atoms with Gasteiger partial charge in [-0.05, 0) is 65.6 Å². The van der Waals surface area contributed by atoms with Gasteiger partial charge in [-0.3, -0.25) is 9.59 Å². The number of carbonyl (C=O) groups is 2. The largest absolute Gasteiger partial charge is 0.343 e. The van der Waals surface area contributed by atoms with Gasteiger partial charge in [0.25, 0.3) is 0 Å². The van der Waals surface area contributed by atoms with Crippen molar-refractivity contribution in [3.8, 4) is 0 Å². The van der Waals surface area contributed by atoms with Crippen LogP contribution in [0.5, 0.6) is 0 Å². The third-order valence-electron chi connectivity index (χ3n) is 7.97. The molecule has 4 aromatic carbocycles. The Balaban J connectivity index is 1.24. The van der Waals surface area contributed by atoms with Crippen molar-refractivity contribution in [2.45, 2.75) is 43.9 Å². The number of likely N-dealkylation sites (tertiary alicyclic amines) is 1. The van der Waals surface area contributed by atoms with Crippen LogP contribution in [0.4, 0.5) is 0 Å². The molecular formula is C35H35NO2. The Labute approximate surface area is 225 Å². The first-order chi connectivity index (χ1) is 18.7. The van der Waals surface area contributed by atoms with Crippen molar-refractivity contribution in [1.29, 1.82) is 0 Å². The summed E-state index contributed by atoms with van der Waals surface area (Å²) in [5.41, 5.74) is 2.97. The van der Waals surface area contributed by atoms with Gasteiger partial charge in [0, 0.05) is 19.5 Å². The highest BCUT2D eigenvalue weighted by atomic mass is 16.2. The highest BCUT2D eigenvalue weighted by Crippen LogP contribution is 2.37. The van der Waals surface area contributed by atoms with E-state index >= 15 is 0 Å². The van der Waals surface area contributed by atoms with Crippen LogP contribution < -0.4 is 0 Å². The fourth-order valence-electron chi connectivity index (χ4n) is 5.73. The average molecular weight is 502 g/mol. The quantitative estimate of drug-likeness (QED) is 0.230. The Hall–Kier alpha value is -3.98. The van der Waals surface area contributed by atoms with Crippen LogP contribution in [0.2, 0.25) is 0 Å². The number of ketones is 1. The molecule has 1 saturated heterocycles. The molecule has 192 valence electrons. The zero-order valence-corrected chi connectivity index (χ0v) is 21.9. The Bertz CT molecular complexity index is 1390. The lowest BCUT2D eigenvalue weighted by atomic mass is 9.69. The van der Waals surface area contributed by atoms with E-state index in [1.807, 2.05) is 47.4 Å². The van der Waals surface area contributed by atoms with Gasteiger partial charge in [-0.15, -0.1) is 0 Å². The molecule has 0 unspecified atom stereocenters. The number of aryl methyl sites for hydroxylation is 2. The van der Waals surface area contributed by atoms with Crippen molar-refractivity contribution in [1.82, 2.24) is 4.90 Å². The van der Waals surface area contributed by atoms with Crippen molar-refractivity contribution in [3.05, 3.63) is 132 Å². The number of allylic oxidation sites excluding steroid dienone is 2. The molecule has 1 heterocycles. The van der Waals surface area contributed by atoms with Crippen molar-refractivity contribution in [3.63, 3.8) is 0 Å². The molecule has 3 nitrogen and oxygen atoms in total. The first-order valence-electron chi connectivity index (χ1n) is 13.7. The van der Waals surface area contributed by atoms with E-state index in [1.165, 1.54) is 21.9 Å². The van der Waals surface area contributed by atoms with Crippen LogP contribution in [0.1, 0.15) is 42.4 Å². The van der Waals surface area contributed by atoms with Gasteiger partial charge in [-0.1, -0.05) is 109 Å². The number of rotatable bonds is 9. The highest BCUT2D eigenvalue weighted by Gasteiger charge is 2.42. The summed E-state index contributed by atoms with van der Waals surface area (Å²) in [7, 11) is 0. The van der Waals surface area contributed by atoms with Gasteiger partial charge in [0.2, 0.25) is 5.91 Å². The maximum atomic E-state index is 13.7. The standard InChI is InChI=1S/C35H35NO2/c37-33(21-10-8-15-30-17-11-16-29-14-7-9-20-32(29)30)35(31-18-5-2-6-19-31)24-26-36(27-25-35)34(38)23-22-28-12-3-1-4-13-28/h1-7,9-14,16-21H,8,15,22-27H2/b21-10+. The van der Waals surface area contributed by atoms with Crippen LogP contribution in [0.25, 0.3) is 10.8 Å². The van der Waals surface area contributed by atoms with Gasteiger partial charge < -0.3 is 4.90 Å². The van der Waals surface area contributed by atoms with Crippen LogP contribution >= 0.6 is 0 Å². The number of nitrogens with zero attached hydrogens (tertiary/aromatic N) is 1. The summed E-state index contributed by atoms with van der Waals surface area (Å²) in [6, 6.07) is 35.1. The Morgan fingerprint density at radius 1 is 0.737 bits per heavy atom. The second-order valence-corrected chi connectivity index (χ2v) is 10.3. The molecule has 38 heavy (non-hydrogen) atoms. The lowest BCUT2D eigenvalue weighted by molar-refractivity contribution is -0.135. The number of hydrogen-bond donors (Lipinski definition) is 0. The van der Waals surface area contributed by atoms with Gasteiger partial charge in [-0.25, -0.2) is 0 Å². The summed E-state index contributed by atoms with van der Waals surface area (Å²) in [6.07, 6.45) is 8.10. The number of fused-ring (bicyclic) bond motifs is 1.